The molecule has 0 saturated carbocycles. The van der Waals surface area contributed by atoms with Gasteiger partial charge in [0.2, 0.25) is 5.91 Å². The topological polar surface area (TPSA) is 93.3 Å². The van der Waals surface area contributed by atoms with Crippen molar-refractivity contribution in [2.24, 2.45) is 0 Å². The van der Waals surface area contributed by atoms with Crippen LogP contribution in [0.2, 0.25) is 5.02 Å². The predicted octanol–water partition coefficient (Wildman–Crippen LogP) is 3.63. The number of aromatic amines is 1. The number of thioether (sulfide) groups is 1. The molecule has 2 N–H and O–H groups in total. The first-order valence-corrected chi connectivity index (χ1v) is 9.26. The third kappa shape index (κ3) is 5.59. The number of aromatic nitrogens is 2. The predicted molar refractivity (Wildman–Crippen MR) is 103 cm³/mol. The third-order valence-corrected chi connectivity index (χ3v) is 4.64. The quantitative estimate of drug-likeness (QED) is 0.487. The molecule has 28 heavy (non-hydrogen) atoms. The van der Waals surface area contributed by atoms with Gasteiger partial charge in [0, 0.05) is 23.7 Å². The molecule has 2 rings (SSSR count). The molecule has 7 nitrogen and oxygen atoms in total. The fourth-order valence-corrected chi connectivity index (χ4v) is 3.18. The molecule has 1 aromatic carbocycles. The molecule has 0 unspecified atom stereocenters. The van der Waals surface area contributed by atoms with Gasteiger partial charge in [-0.2, -0.15) is 8.78 Å². The van der Waals surface area contributed by atoms with Crippen molar-refractivity contribution in [2.45, 2.75) is 30.7 Å². The van der Waals surface area contributed by atoms with E-state index in [4.69, 9.17) is 21.1 Å². The summed E-state index contributed by atoms with van der Waals surface area (Å²) < 4.78 is 35.1. The number of hydrogen-bond donors (Lipinski definition) is 2. The van der Waals surface area contributed by atoms with Gasteiger partial charge < -0.3 is 19.8 Å². The second-order valence-electron chi connectivity index (χ2n) is 5.55. The van der Waals surface area contributed by atoms with Crippen LogP contribution in [0, 0.1) is 6.92 Å². The molecule has 0 saturated heterocycles. The van der Waals surface area contributed by atoms with Gasteiger partial charge in [-0.25, -0.2) is 4.98 Å². The average Bonchev–Trinajstić information content (AvgIpc) is 2.60. The number of halogens is 3. The Labute approximate surface area is 168 Å². The molecule has 0 aliphatic carbocycles. The Morgan fingerprint density at radius 2 is 2.00 bits per heavy atom. The lowest BCUT2D eigenvalue weighted by Crippen LogP contribution is -2.20. The van der Waals surface area contributed by atoms with E-state index in [1.807, 2.05) is 0 Å². The van der Waals surface area contributed by atoms with Crippen molar-refractivity contribution >= 4 is 35.0 Å². The second kappa shape index (κ2) is 9.74. The first-order valence-electron chi connectivity index (χ1n) is 8.01. The molecule has 11 heteroatoms. The molecule has 152 valence electrons. The number of nitrogens with zero attached hydrogens (tertiary/aromatic N) is 1. The Kier molecular flexibility index (Phi) is 7.64. The van der Waals surface area contributed by atoms with Crippen LogP contribution in [-0.4, -0.2) is 35.9 Å². The van der Waals surface area contributed by atoms with Crippen LogP contribution in [0.4, 0.5) is 14.5 Å². The number of H-pyrrole nitrogens is 1. The molecule has 0 aliphatic heterocycles. The van der Waals surface area contributed by atoms with Gasteiger partial charge in [0.15, 0.2) is 5.16 Å². The van der Waals surface area contributed by atoms with E-state index >= 15 is 0 Å². The van der Waals surface area contributed by atoms with Crippen LogP contribution in [0.25, 0.3) is 0 Å². The van der Waals surface area contributed by atoms with E-state index < -0.39 is 11.3 Å². The van der Waals surface area contributed by atoms with Crippen LogP contribution in [0.3, 0.4) is 0 Å². The Bertz CT molecular complexity index is 924. The monoisotopic (exact) mass is 433 g/mol. The summed E-state index contributed by atoms with van der Waals surface area (Å²) in [4.78, 5) is 30.6. The molecule has 0 bridgehead atoms. The van der Waals surface area contributed by atoms with Gasteiger partial charge in [-0.15, -0.1) is 0 Å². The van der Waals surface area contributed by atoms with E-state index in [0.717, 1.165) is 0 Å². The molecule has 0 aliphatic rings. The molecule has 0 atom stereocenters. The molecule has 2 aromatic rings. The molecule has 0 spiro atoms. The fourth-order valence-electron chi connectivity index (χ4n) is 2.43. The molecular formula is C17H18ClF2N3O4S. The van der Waals surface area contributed by atoms with E-state index in [1.54, 1.807) is 0 Å². The van der Waals surface area contributed by atoms with Gasteiger partial charge in [-0.05, 0) is 31.2 Å². The lowest BCUT2D eigenvalue weighted by atomic mass is 10.1. The number of hydrogen-bond acceptors (Lipinski definition) is 6. The summed E-state index contributed by atoms with van der Waals surface area (Å²) in [6.45, 7) is 1.53. The summed E-state index contributed by atoms with van der Waals surface area (Å²) in [6, 6.07) is 3.03. The number of benzene rings is 1. The van der Waals surface area contributed by atoms with Crippen LogP contribution >= 0.6 is 23.4 Å². The van der Waals surface area contributed by atoms with E-state index in [0.29, 0.717) is 27.9 Å². The van der Waals surface area contributed by atoms with Gasteiger partial charge in [-0.3, -0.25) is 9.59 Å². The highest BCUT2D eigenvalue weighted by Gasteiger charge is 2.16. The smallest absolute Gasteiger partial charge is 0.291 e. The number of anilines is 1. The summed E-state index contributed by atoms with van der Waals surface area (Å²) >= 11 is 6.22. The van der Waals surface area contributed by atoms with Gasteiger partial charge in [0.05, 0.1) is 24.9 Å². The van der Waals surface area contributed by atoms with Crippen molar-refractivity contribution in [1.29, 1.82) is 0 Å². The zero-order valence-corrected chi connectivity index (χ0v) is 16.8. The van der Waals surface area contributed by atoms with E-state index in [-0.39, 0.29) is 41.2 Å². The number of methoxy groups -OCH3 is 2. The number of nitrogens with one attached hydrogen (secondary N) is 2. The standard InChI is InChI=1S/C17H18ClF2N3O4S/c1-8-9(15(25)23-17(21-8)28-16(19)20)4-5-14(24)22-11-6-10(18)12(26-2)7-13(11)27-3/h6-7,16H,4-5H2,1-3H3,(H,22,24)(H,21,23,25). The Hall–Kier alpha value is -2.33. The lowest BCUT2D eigenvalue weighted by molar-refractivity contribution is -0.116. The maximum Gasteiger partial charge on any atom is 0.291 e. The van der Waals surface area contributed by atoms with Gasteiger partial charge in [-0.1, -0.05) is 11.6 Å². The summed E-state index contributed by atoms with van der Waals surface area (Å²) in [5.74, 6) is -2.32. The maximum atomic E-state index is 12.4. The second-order valence-corrected chi connectivity index (χ2v) is 6.93. The van der Waals surface area contributed by atoms with E-state index in [1.165, 1.54) is 33.3 Å². The SMILES string of the molecule is COc1cc(OC)c(NC(=O)CCc2c(C)nc(SC(F)F)[nH]c2=O)cc1Cl. The average molecular weight is 434 g/mol. The van der Waals surface area contributed by atoms with Crippen LogP contribution in [0.5, 0.6) is 11.5 Å². The summed E-state index contributed by atoms with van der Waals surface area (Å²) in [5, 5.41) is 2.79. The molecule has 1 heterocycles. The van der Waals surface area contributed by atoms with Gasteiger partial charge in [0.25, 0.3) is 11.3 Å². The summed E-state index contributed by atoms with van der Waals surface area (Å²) in [6.07, 6.45) is 0.0611. The number of carbonyl (C=O) groups excluding carboxylic acids is 1. The molecular weight excluding hydrogens is 416 g/mol. The zero-order chi connectivity index (χ0) is 20.8. The number of rotatable bonds is 8. The minimum atomic E-state index is -2.69. The first kappa shape index (κ1) is 22.0. The van der Waals surface area contributed by atoms with Crippen LogP contribution < -0.4 is 20.3 Å². The lowest BCUT2D eigenvalue weighted by Gasteiger charge is -2.13. The Morgan fingerprint density at radius 1 is 1.32 bits per heavy atom. The largest absolute Gasteiger partial charge is 0.495 e. The van der Waals surface area contributed by atoms with Crippen LogP contribution in [-0.2, 0) is 11.2 Å². The Morgan fingerprint density at radius 3 is 2.57 bits per heavy atom. The van der Waals surface area contributed by atoms with Crippen LogP contribution in [0.15, 0.2) is 22.1 Å². The molecule has 0 radical (unpaired) electrons. The highest BCUT2D eigenvalue weighted by molar-refractivity contribution is 7.99. The number of amides is 1. The van der Waals surface area contributed by atoms with Crippen molar-refractivity contribution < 1.29 is 23.0 Å². The first-order chi connectivity index (χ1) is 13.2. The highest BCUT2D eigenvalue weighted by atomic mass is 35.5. The maximum absolute atomic E-state index is 12.4. The van der Waals surface area contributed by atoms with Crippen molar-refractivity contribution in [2.75, 3.05) is 19.5 Å². The molecule has 0 fully saturated rings. The van der Waals surface area contributed by atoms with E-state index in [9.17, 15) is 18.4 Å². The third-order valence-electron chi connectivity index (χ3n) is 3.75. The zero-order valence-electron chi connectivity index (χ0n) is 15.3. The fraction of sp³-hybridized carbons (Fsp3) is 0.353. The van der Waals surface area contributed by atoms with Crippen LogP contribution in [0.1, 0.15) is 17.7 Å². The van der Waals surface area contributed by atoms with Gasteiger partial charge in [0.1, 0.15) is 11.5 Å². The molecule has 1 aromatic heterocycles. The molecule has 1 amide bonds. The van der Waals surface area contributed by atoms with Crippen molar-refractivity contribution in [3.05, 3.63) is 38.8 Å². The number of carbonyl (C=O) groups is 1. The normalized spacial score (nSPS) is 10.8. The van der Waals surface area contributed by atoms with Gasteiger partial charge >= 0.3 is 0 Å². The minimum Gasteiger partial charge on any atom is -0.495 e. The van der Waals surface area contributed by atoms with Crippen molar-refractivity contribution in [3.63, 3.8) is 0 Å². The highest BCUT2D eigenvalue weighted by Crippen LogP contribution is 2.36. The Balaban J connectivity index is 2.09. The number of aryl methyl sites for hydroxylation is 1. The summed E-state index contributed by atoms with van der Waals surface area (Å²) in [7, 11) is 2.89. The number of ether oxygens (including phenoxy) is 2. The summed E-state index contributed by atoms with van der Waals surface area (Å²) in [5.41, 5.74) is 0.359. The minimum absolute atomic E-state index is 0.0280. The van der Waals surface area contributed by atoms with E-state index in [2.05, 4.69) is 15.3 Å². The number of alkyl halides is 2. The van der Waals surface area contributed by atoms with Crippen molar-refractivity contribution in [1.82, 2.24) is 9.97 Å². The van der Waals surface area contributed by atoms with Crippen molar-refractivity contribution in [3.8, 4) is 11.5 Å².